The van der Waals surface area contributed by atoms with E-state index in [1.807, 2.05) is 14.1 Å². The van der Waals surface area contributed by atoms with Crippen LogP contribution in [0.2, 0.25) is 0 Å². The SMILES string of the molecule is CN(C)CCCCOc1ccc2ncc(-c3ccccc3OC(F)(F)F)n2n1. The lowest BCUT2D eigenvalue weighted by atomic mass is 10.1. The van der Waals surface area contributed by atoms with E-state index in [0.717, 1.165) is 19.4 Å². The predicted molar refractivity (Wildman–Crippen MR) is 98.4 cm³/mol. The number of para-hydroxylation sites is 1. The highest BCUT2D eigenvalue weighted by Gasteiger charge is 2.32. The third kappa shape index (κ3) is 5.13. The third-order valence-electron chi connectivity index (χ3n) is 3.98. The second kappa shape index (κ2) is 8.47. The molecule has 0 amide bonds. The largest absolute Gasteiger partial charge is 0.573 e. The van der Waals surface area contributed by atoms with Crippen molar-refractivity contribution < 1.29 is 22.6 Å². The third-order valence-corrected chi connectivity index (χ3v) is 3.98. The summed E-state index contributed by atoms with van der Waals surface area (Å²) in [6.07, 6.45) is -1.46. The molecule has 0 saturated carbocycles. The van der Waals surface area contributed by atoms with Gasteiger partial charge in [-0.05, 0) is 51.7 Å². The summed E-state index contributed by atoms with van der Waals surface area (Å²) in [5, 5.41) is 4.37. The van der Waals surface area contributed by atoms with Gasteiger partial charge in [-0.2, -0.15) is 0 Å². The Morgan fingerprint density at radius 3 is 2.61 bits per heavy atom. The minimum atomic E-state index is -4.79. The standard InChI is InChI=1S/C19H21F3N4O2/c1-25(2)11-5-6-12-27-18-10-9-17-23-13-15(26(17)24-18)14-7-3-4-8-16(14)28-19(20,21)22/h3-4,7-10,13H,5-6,11-12H2,1-2H3. The van der Waals surface area contributed by atoms with Crippen LogP contribution in [0.15, 0.2) is 42.6 Å². The molecule has 1 aromatic carbocycles. The fraction of sp³-hybridized carbons (Fsp3) is 0.368. The zero-order valence-corrected chi connectivity index (χ0v) is 15.6. The molecule has 0 saturated heterocycles. The molecule has 9 heteroatoms. The molecule has 28 heavy (non-hydrogen) atoms. The highest BCUT2D eigenvalue weighted by Crippen LogP contribution is 2.33. The Kier molecular flexibility index (Phi) is 6.03. The molecule has 0 radical (unpaired) electrons. The van der Waals surface area contributed by atoms with E-state index in [1.165, 1.54) is 28.9 Å². The smallest absolute Gasteiger partial charge is 0.477 e. The van der Waals surface area contributed by atoms with E-state index in [0.29, 0.717) is 23.8 Å². The Morgan fingerprint density at radius 2 is 1.86 bits per heavy atom. The van der Waals surface area contributed by atoms with Gasteiger partial charge in [0.25, 0.3) is 0 Å². The number of halogens is 3. The van der Waals surface area contributed by atoms with E-state index >= 15 is 0 Å². The van der Waals surface area contributed by atoms with Crippen molar-refractivity contribution in [1.29, 1.82) is 0 Å². The topological polar surface area (TPSA) is 51.9 Å². The Labute approximate surface area is 160 Å². The number of hydrogen-bond acceptors (Lipinski definition) is 5. The van der Waals surface area contributed by atoms with Gasteiger partial charge in [-0.15, -0.1) is 18.3 Å². The maximum absolute atomic E-state index is 12.7. The quantitative estimate of drug-likeness (QED) is 0.540. The van der Waals surface area contributed by atoms with E-state index in [-0.39, 0.29) is 11.3 Å². The second-order valence-electron chi connectivity index (χ2n) is 6.49. The first-order chi connectivity index (χ1) is 13.3. The van der Waals surface area contributed by atoms with Crippen molar-refractivity contribution >= 4 is 5.65 Å². The van der Waals surface area contributed by atoms with E-state index in [1.54, 1.807) is 18.2 Å². The summed E-state index contributed by atoms with van der Waals surface area (Å²) >= 11 is 0. The van der Waals surface area contributed by atoms with Crippen molar-refractivity contribution in [1.82, 2.24) is 19.5 Å². The van der Waals surface area contributed by atoms with E-state index in [2.05, 4.69) is 19.7 Å². The van der Waals surface area contributed by atoms with Crippen LogP contribution < -0.4 is 9.47 Å². The minimum absolute atomic E-state index is 0.239. The average Bonchev–Trinajstić information content (AvgIpc) is 3.03. The van der Waals surface area contributed by atoms with Gasteiger partial charge in [0.2, 0.25) is 5.88 Å². The lowest BCUT2D eigenvalue weighted by Gasteiger charge is -2.13. The molecule has 0 aliphatic carbocycles. The maximum Gasteiger partial charge on any atom is 0.573 e. The normalized spacial score (nSPS) is 11.9. The van der Waals surface area contributed by atoms with Crippen molar-refractivity contribution in [2.75, 3.05) is 27.2 Å². The van der Waals surface area contributed by atoms with Crippen LogP contribution in [0.25, 0.3) is 16.9 Å². The number of alkyl halides is 3. The molecule has 3 aromatic rings. The summed E-state index contributed by atoms with van der Waals surface area (Å²) in [7, 11) is 4.02. The number of nitrogens with zero attached hydrogens (tertiary/aromatic N) is 4. The lowest BCUT2D eigenvalue weighted by Crippen LogP contribution is -2.17. The number of ether oxygens (including phenoxy) is 2. The van der Waals surface area contributed by atoms with Crippen molar-refractivity contribution in [2.45, 2.75) is 19.2 Å². The minimum Gasteiger partial charge on any atom is -0.477 e. The summed E-state index contributed by atoms with van der Waals surface area (Å²) in [4.78, 5) is 6.31. The van der Waals surface area contributed by atoms with Crippen LogP contribution in [0.1, 0.15) is 12.8 Å². The highest BCUT2D eigenvalue weighted by molar-refractivity contribution is 5.69. The fourth-order valence-electron chi connectivity index (χ4n) is 2.72. The molecule has 150 valence electrons. The van der Waals surface area contributed by atoms with Gasteiger partial charge in [-0.1, -0.05) is 12.1 Å². The summed E-state index contributed by atoms with van der Waals surface area (Å²) in [6, 6.07) is 9.29. The Morgan fingerprint density at radius 1 is 1.07 bits per heavy atom. The molecule has 2 aromatic heterocycles. The fourth-order valence-corrected chi connectivity index (χ4v) is 2.72. The number of unbranched alkanes of at least 4 members (excludes halogenated alkanes) is 1. The van der Waals surface area contributed by atoms with Gasteiger partial charge in [-0.25, -0.2) is 9.50 Å². The van der Waals surface area contributed by atoms with E-state index < -0.39 is 6.36 Å². The number of imidazole rings is 1. The summed E-state index contributed by atoms with van der Waals surface area (Å²) in [5.74, 6) is 0.0689. The van der Waals surface area contributed by atoms with E-state index in [4.69, 9.17) is 4.74 Å². The monoisotopic (exact) mass is 394 g/mol. The number of benzene rings is 1. The molecule has 0 unspecified atom stereocenters. The van der Waals surface area contributed by atoms with Gasteiger partial charge >= 0.3 is 6.36 Å². The average molecular weight is 394 g/mol. The van der Waals surface area contributed by atoms with Crippen molar-refractivity contribution in [3.05, 3.63) is 42.6 Å². The predicted octanol–water partition coefficient (Wildman–Crippen LogP) is 4.02. The Bertz CT molecular complexity index is 925. The molecule has 0 bridgehead atoms. The van der Waals surface area contributed by atoms with Crippen LogP contribution in [0.3, 0.4) is 0 Å². The van der Waals surface area contributed by atoms with Gasteiger partial charge in [0.15, 0.2) is 5.65 Å². The molecule has 6 nitrogen and oxygen atoms in total. The van der Waals surface area contributed by atoms with E-state index in [9.17, 15) is 13.2 Å². The number of aromatic nitrogens is 3. The van der Waals surface area contributed by atoms with Crippen molar-refractivity contribution in [2.24, 2.45) is 0 Å². The summed E-state index contributed by atoms with van der Waals surface area (Å²) < 4.78 is 49.4. The molecule has 3 rings (SSSR count). The maximum atomic E-state index is 12.7. The molecule has 0 atom stereocenters. The van der Waals surface area contributed by atoms with Crippen LogP contribution in [0, 0.1) is 0 Å². The molecule has 0 spiro atoms. The number of hydrogen-bond donors (Lipinski definition) is 0. The van der Waals surface area contributed by atoms with Crippen LogP contribution in [0.4, 0.5) is 13.2 Å². The molecule has 0 aliphatic heterocycles. The van der Waals surface area contributed by atoms with Crippen LogP contribution in [-0.2, 0) is 0 Å². The van der Waals surface area contributed by atoms with Gasteiger partial charge in [0, 0.05) is 11.6 Å². The molecule has 2 heterocycles. The first-order valence-corrected chi connectivity index (χ1v) is 8.81. The highest BCUT2D eigenvalue weighted by atomic mass is 19.4. The number of rotatable bonds is 8. The summed E-state index contributed by atoms with van der Waals surface area (Å²) in [6.45, 7) is 1.47. The first-order valence-electron chi connectivity index (χ1n) is 8.81. The van der Waals surface area contributed by atoms with Crippen LogP contribution in [-0.4, -0.2) is 53.1 Å². The molecular formula is C19H21F3N4O2. The van der Waals surface area contributed by atoms with Crippen molar-refractivity contribution in [3.63, 3.8) is 0 Å². The van der Waals surface area contributed by atoms with Gasteiger partial charge < -0.3 is 14.4 Å². The second-order valence-corrected chi connectivity index (χ2v) is 6.49. The van der Waals surface area contributed by atoms with Gasteiger partial charge in [0.1, 0.15) is 5.75 Å². The molecule has 0 fully saturated rings. The zero-order chi connectivity index (χ0) is 20.1. The lowest BCUT2D eigenvalue weighted by molar-refractivity contribution is -0.274. The Hall–Kier alpha value is -2.81. The Balaban J connectivity index is 1.82. The first kappa shape index (κ1) is 19.9. The zero-order valence-electron chi connectivity index (χ0n) is 15.6. The van der Waals surface area contributed by atoms with Crippen LogP contribution >= 0.6 is 0 Å². The van der Waals surface area contributed by atoms with Gasteiger partial charge in [-0.3, -0.25) is 0 Å². The molecule has 0 N–H and O–H groups in total. The van der Waals surface area contributed by atoms with Crippen molar-refractivity contribution in [3.8, 4) is 22.9 Å². The van der Waals surface area contributed by atoms with Gasteiger partial charge in [0.05, 0.1) is 18.5 Å². The van der Waals surface area contributed by atoms with Crippen LogP contribution in [0.5, 0.6) is 11.6 Å². The summed E-state index contributed by atoms with van der Waals surface area (Å²) in [5.41, 5.74) is 1.12. The molecule has 0 aliphatic rings. The molecular weight excluding hydrogens is 373 g/mol. The number of fused-ring (bicyclic) bond motifs is 1.